The third-order valence-corrected chi connectivity index (χ3v) is 7.80. The van der Waals surface area contributed by atoms with Crippen LogP contribution in [0, 0.1) is 0 Å². The second-order valence-corrected chi connectivity index (χ2v) is 11.1. The Morgan fingerprint density at radius 3 is 2.04 bits per heavy atom. The molecule has 2 aromatic rings. The highest BCUT2D eigenvalue weighted by molar-refractivity contribution is 7.89. The second kappa shape index (κ2) is 8.13. The van der Waals surface area contributed by atoms with Gasteiger partial charge in [0.2, 0.25) is 10.0 Å². The molecule has 7 heteroatoms. The summed E-state index contributed by atoms with van der Waals surface area (Å²) in [6.45, 7) is 13.3. The molecule has 0 bridgehead atoms. The van der Waals surface area contributed by atoms with Gasteiger partial charge in [0.15, 0.2) is 0 Å². The molecule has 0 unspecified atom stereocenters. The molecule has 5 nitrogen and oxygen atoms in total. The van der Waals surface area contributed by atoms with E-state index in [1.165, 1.54) is 21.2 Å². The fraction of sp³-hybridized carbons (Fsp3) is 0.571. The van der Waals surface area contributed by atoms with Gasteiger partial charge >= 0.3 is 0 Å². The maximum atomic E-state index is 13.6. The fourth-order valence-electron chi connectivity index (χ4n) is 3.40. The summed E-state index contributed by atoms with van der Waals surface area (Å²) in [6.07, 6.45) is 1.55. The van der Waals surface area contributed by atoms with Crippen molar-refractivity contribution < 1.29 is 13.2 Å². The number of rotatable bonds is 7. The smallest absolute Gasteiger partial charge is 0.273 e. The van der Waals surface area contributed by atoms with E-state index in [1.54, 1.807) is 6.20 Å². The molecule has 1 aliphatic rings. The van der Waals surface area contributed by atoms with E-state index < -0.39 is 10.0 Å². The van der Waals surface area contributed by atoms with Gasteiger partial charge in [-0.2, -0.15) is 4.31 Å². The minimum Gasteiger partial charge on any atom is -0.464 e. The largest absolute Gasteiger partial charge is 0.464 e. The van der Waals surface area contributed by atoms with E-state index in [0.29, 0.717) is 29.1 Å². The molecule has 0 aliphatic carbocycles. The van der Waals surface area contributed by atoms with Crippen molar-refractivity contribution in [3.63, 3.8) is 0 Å². The Morgan fingerprint density at radius 2 is 1.61 bits per heavy atom. The van der Waals surface area contributed by atoms with Crippen LogP contribution >= 0.6 is 11.3 Å². The predicted octanol–water partition coefficient (Wildman–Crippen LogP) is 4.97. The van der Waals surface area contributed by atoms with Gasteiger partial charge in [-0.1, -0.05) is 65.0 Å². The Morgan fingerprint density at radius 1 is 1.04 bits per heavy atom. The number of thiazole rings is 1. The number of benzene rings is 1. The van der Waals surface area contributed by atoms with Crippen molar-refractivity contribution in [2.45, 2.75) is 70.3 Å². The number of nitrogens with zero attached hydrogens (tertiary/aromatic N) is 2. The van der Waals surface area contributed by atoms with Gasteiger partial charge in [0, 0.05) is 11.6 Å². The van der Waals surface area contributed by atoms with Crippen LogP contribution in [0.15, 0.2) is 28.6 Å². The van der Waals surface area contributed by atoms with E-state index in [2.05, 4.69) is 58.7 Å². The Hall–Kier alpha value is -1.44. The lowest BCUT2D eigenvalue weighted by Gasteiger charge is -2.38. The van der Waals surface area contributed by atoms with Crippen LogP contribution in [0.1, 0.15) is 76.0 Å². The first-order chi connectivity index (χ1) is 13.1. The first-order valence-corrected chi connectivity index (χ1v) is 12.2. The predicted molar refractivity (Wildman–Crippen MR) is 114 cm³/mol. The molecule has 1 aromatic carbocycles. The van der Waals surface area contributed by atoms with Crippen LogP contribution in [-0.2, 0) is 10.0 Å². The molecule has 0 saturated carbocycles. The van der Waals surface area contributed by atoms with Gasteiger partial charge in [-0.3, -0.25) is 0 Å². The van der Waals surface area contributed by atoms with Crippen LogP contribution in [0.2, 0.25) is 0 Å². The van der Waals surface area contributed by atoms with E-state index in [-0.39, 0.29) is 17.9 Å². The Labute approximate surface area is 172 Å². The fourth-order valence-corrected chi connectivity index (χ4v) is 6.12. The molecule has 0 N–H and O–H groups in total. The monoisotopic (exact) mass is 422 g/mol. The summed E-state index contributed by atoms with van der Waals surface area (Å²) in [5.74, 6) is 0.612. The lowest BCUT2D eigenvalue weighted by atomic mass is 9.89. The zero-order chi connectivity index (χ0) is 20.6. The summed E-state index contributed by atoms with van der Waals surface area (Å²) >= 11 is 1.42. The molecular weight excluding hydrogens is 392 g/mol. The number of hydrogen-bond donors (Lipinski definition) is 0. The zero-order valence-electron chi connectivity index (χ0n) is 17.5. The molecule has 2 heterocycles. The van der Waals surface area contributed by atoms with Crippen molar-refractivity contribution in [1.82, 2.24) is 9.29 Å². The van der Waals surface area contributed by atoms with Crippen LogP contribution in [0.25, 0.3) is 0 Å². The van der Waals surface area contributed by atoms with Crippen molar-refractivity contribution in [1.29, 1.82) is 0 Å². The highest BCUT2D eigenvalue weighted by Crippen LogP contribution is 2.38. The van der Waals surface area contributed by atoms with E-state index >= 15 is 0 Å². The van der Waals surface area contributed by atoms with Crippen LogP contribution in [0.5, 0.6) is 5.19 Å². The Kier molecular flexibility index (Phi) is 6.17. The number of sulfonamides is 1. The van der Waals surface area contributed by atoms with Gasteiger partial charge in [-0.25, -0.2) is 13.4 Å². The van der Waals surface area contributed by atoms with Gasteiger partial charge in [0.05, 0.1) is 18.0 Å². The van der Waals surface area contributed by atoms with Crippen molar-refractivity contribution in [2.75, 3.05) is 13.1 Å². The normalized spacial score (nSPS) is 16.2. The van der Waals surface area contributed by atoms with E-state index in [4.69, 9.17) is 4.74 Å². The maximum absolute atomic E-state index is 13.6. The minimum atomic E-state index is -3.57. The van der Waals surface area contributed by atoms with Crippen molar-refractivity contribution >= 4 is 21.4 Å². The summed E-state index contributed by atoms with van der Waals surface area (Å²) in [7, 11) is -3.57. The van der Waals surface area contributed by atoms with Crippen LogP contribution in [0.3, 0.4) is 0 Å². The molecule has 28 heavy (non-hydrogen) atoms. The van der Waals surface area contributed by atoms with Crippen LogP contribution < -0.4 is 4.74 Å². The average molecular weight is 423 g/mol. The van der Waals surface area contributed by atoms with Crippen molar-refractivity contribution in [2.24, 2.45) is 0 Å². The molecule has 1 fully saturated rings. The lowest BCUT2D eigenvalue weighted by molar-refractivity contribution is 0.0758. The standard InChI is InChI=1S/C21H30N2O3S2/c1-13(2)16-9-18(14(3)4)20(19(10-16)15(5)6)28(24,25)23-11-17(12-23)26-21-22-7-8-27-21/h7-10,13-15,17H,11-12H2,1-6H3. The molecule has 1 aliphatic heterocycles. The summed E-state index contributed by atoms with van der Waals surface area (Å²) in [4.78, 5) is 4.61. The number of aromatic nitrogens is 1. The molecule has 1 aromatic heterocycles. The number of ether oxygens (including phenoxy) is 1. The summed E-state index contributed by atoms with van der Waals surface area (Å²) in [6, 6.07) is 4.16. The highest BCUT2D eigenvalue weighted by Gasteiger charge is 2.41. The molecule has 0 spiro atoms. The SMILES string of the molecule is CC(C)c1cc(C(C)C)c(S(=O)(=O)N2CC(Oc3nccs3)C2)c(C(C)C)c1. The molecule has 154 valence electrons. The summed E-state index contributed by atoms with van der Waals surface area (Å²) in [5, 5.41) is 2.44. The van der Waals surface area contributed by atoms with Crippen LogP contribution in [-0.4, -0.2) is 36.9 Å². The third kappa shape index (κ3) is 4.11. The first-order valence-electron chi connectivity index (χ1n) is 9.85. The van der Waals surface area contributed by atoms with Gasteiger partial charge in [0.25, 0.3) is 5.19 Å². The minimum absolute atomic E-state index is 0.129. The quantitative estimate of drug-likeness (QED) is 0.632. The van der Waals surface area contributed by atoms with Crippen molar-refractivity contribution in [3.05, 3.63) is 40.4 Å². The van der Waals surface area contributed by atoms with E-state index in [1.807, 2.05) is 5.38 Å². The van der Waals surface area contributed by atoms with Gasteiger partial charge in [-0.15, -0.1) is 0 Å². The van der Waals surface area contributed by atoms with Crippen molar-refractivity contribution in [3.8, 4) is 5.19 Å². The highest BCUT2D eigenvalue weighted by atomic mass is 32.2. The summed E-state index contributed by atoms with van der Waals surface area (Å²) in [5.41, 5.74) is 3.03. The molecule has 0 amide bonds. The average Bonchev–Trinajstić information content (AvgIpc) is 3.09. The third-order valence-electron chi connectivity index (χ3n) is 5.17. The Balaban J connectivity index is 1.94. The van der Waals surface area contributed by atoms with E-state index in [9.17, 15) is 8.42 Å². The molecule has 0 atom stereocenters. The maximum Gasteiger partial charge on any atom is 0.273 e. The summed E-state index contributed by atoms with van der Waals surface area (Å²) < 4.78 is 34.4. The molecule has 0 radical (unpaired) electrons. The zero-order valence-corrected chi connectivity index (χ0v) is 19.1. The van der Waals surface area contributed by atoms with Gasteiger partial charge in [-0.05, 0) is 34.4 Å². The van der Waals surface area contributed by atoms with Gasteiger partial charge in [0.1, 0.15) is 6.10 Å². The van der Waals surface area contributed by atoms with Gasteiger partial charge < -0.3 is 4.74 Å². The second-order valence-electron chi connectivity index (χ2n) is 8.35. The lowest BCUT2D eigenvalue weighted by Crippen LogP contribution is -2.56. The number of hydrogen-bond acceptors (Lipinski definition) is 5. The van der Waals surface area contributed by atoms with E-state index in [0.717, 1.165) is 11.1 Å². The topological polar surface area (TPSA) is 59.5 Å². The molecular formula is C21H30N2O3S2. The first kappa shape index (κ1) is 21.3. The molecule has 1 saturated heterocycles. The Bertz CT molecular complexity index is 884. The van der Waals surface area contributed by atoms with Crippen LogP contribution in [0.4, 0.5) is 0 Å². The molecule has 3 rings (SSSR count).